The molecule has 0 fully saturated rings. The minimum atomic E-state index is 0.355. The van der Waals surface area contributed by atoms with Gasteiger partial charge in [-0.25, -0.2) is 0 Å². The van der Waals surface area contributed by atoms with Gasteiger partial charge in [0.05, 0.1) is 5.56 Å². The van der Waals surface area contributed by atoms with Crippen LogP contribution in [0.2, 0.25) is 0 Å². The monoisotopic (exact) mass is 162 g/mol. The molecule has 0 radical (unpaired) electrons. The molecule has 1 heterocycles. The van der Waals surface area contributed by atoms with Crippen molar-refractivity contribution in [3.05, 3.63) is 36.6 Å². The van der Waals surface area contributed by atoms with E-state index in [-0.39, 0.29) is 0 Å². The van der Waals surface area contributed by atoms with Crippen molar-refractivity contribution >= 4 is 18.0 Å². The number of nitrogens with zero attached hydrogens (tertiary/aromatic N) is 1. The maximum absolute atomic E-state index is 5.49. The average molecular weight is 162 g/mol. The van der Waals surface area contributed by atoms with Crippen LogP contribution in [0.1, 0.15) is 11.3 Å². The standard InChI is InChI=1S/C9H10N2O/c1-3-5-6-8-7(4-2)9(10)11-12-8/h3-6H,1-2H2,(H2,10,11)/b6-5-. The van der Waals surface area contributed by atoms with E-state index in [9.17, 15) is 0 Å². The predicted molar refractivity (Wildman–Crippen MR) is 50.2 cm³/mol. The second kappa shape index (κ2) is 3.57. The van der Waals surface area contributed by atoms with Gasteiger partial charge in [0.1, 0.15) is 0 Å². The largest absolute Gasteiger partial charge is 0.380 e. The molecule has 0 unspecified atom stereocenters. The van der Waals surface area contributed by atoms with Crippen molar-refractivity contribution in [3.8, 4) is 0 Å². The van der Waals surface area contributed by atoms with Gasteiger partial charge in [0.2, 0.25) is 0 Å². The second-order valence-electron chi connectivity index (χ2n) is 2.14. The molecule has 0 atom stereocenters. The Balaban J connectivity index is 3.06. The fourth-order valence-corrected chi connectivity index (χ4v) is 0.804. The molecule has 3 nitrogen and oxygen atoms in total. The molecule has 0 amide bonds. The van der Waals surface area contributed by atoms with Gasteiger partial charge in [-0.1, -0.05) is 36.5 Å². The number of rotatable bonds is 3. The van der Waals surface area contributed by atoms with Crippen molar-refractivity contribution in [2.24, 2.45) is 0 Å². The molecule has 0 aromatic carbocycles. The van der Waals surface area contributed by atoms with Gasteiger partial charge in [0.25, 0.3) is 0 Å². The summed E-state index contributed by atoms with van der Waals surface area (Å²) in [6, 6.07) is 0. The van der Waals surface area contributed by atoms with Crippen molar-refractivity contribution in [1.82, 2.24) is 5.16 Å². The Labute approximate surface area is 70.9 Å². The van der Waals surface area contributed by atoms with Crippen molar-refractivity contribution in [3.63, 3.8) is 0 Å². The molecule has 0 saturated heterocycles. The number of aromatic nitrogens is 1. The van der Waals surface area contributed by atoms with E-state index in [1.807, 2.05) is 0 Å². The summed E-state index contributed by atoms with van der Waals surface area (Å²) < 4.78 is 4.91. The minimum absolute atomic E-state index is 0.355. The van der Waals surface area contributed by atoms with Gasteiger partial charge in [0, 0.05) is 0 Å². The van der Waals surface area contributed by atoms with Crippen LogP contribution in [0.4, 0.5) is 5.82 Å². The number of nitrogens with two attached hydrogens (primary N) is 1. The van der Waals surface area contributed by atoms with Crippen molar-refractivity contribution in [2.75, 3.05) is 5.73 Å². The van der Waals surface area contributed by atoms with Crippen LogP contribution in [0.3, 0.4) is 0 Å². The first-order chi connectivity index (χ1) is 5.79. The molecule has 3 heteroatoms. The Morgan fingerprint density at radius 2 is 2.17 bits per heavy atom. The molecule has 62 valence electrons. The smallest absolute Gasteiger partial charge is 0.174 e. The molecule has 1 rings (SSSR count). The Bertz CT molecular complexity index is 323. The first kappa shape index (κ1) is 8.33. The zero-order chi connectivity index (χ0) is 8.97. The van der Waals surface area contributed by atoms with E-state index in [1.165, 1.54) is 0 Å². The summed E-state index contributed by atoms with van der Waals surface area (Å²) in [7, 11) is 0. The van der Waals surface area contributed by atoms with E-state index in [2.05, 4.69) is 18.3 Å². The van der Waals surface area contributed by atoms with Crippen LogP contribution in [0, 0.1) is 0 Å². The maximum Gasteiger partial charge on any atom is 0.174 e. The first-order valence-corrected chi connectivity index (χ1v) is 3.46. The van der Waals surface area contributed by atoms with Crippen LogP contribution in [0.5, 0.6) is 0 Å². The molecule has 0 saturated carbocycles. The van der Waals surface area contributed by atoms with Crippen molar-refractivity contribution in [2.45, 2.75) is 0 Å². The van der Waals surface area contributed by atoms with E-state index in [0.29, 0.717) is 17.1 Å². The third-order valence-electron chi connectivity index (χ3n) is 1.37. The van der Waals surface area contributed by atoms with Crippen LogP contribution >= 0.6 is 0 Å². The highest BCUT2D eigenvalue weighted by Gasteiger charge is 2.06. The molecule has 0 aliphatic heterocycles. The topological polar surface area (TPSA) is 52.0 Å². The molecule has 0 bridgehead atoms. The molecule has 12 heavy (non-hydrogen) atoms. The van der Waals surface area contributed by atoms with Crippen LogP contribution < -0.4 is 5.73 Å². The van der Waals surface area contributed by atoms with Gasteiger partial charge < -0.3 is 10.3 Å². The SMILES string of the molecule is C=C/C=C\c1onc(N)c1C=C. The highest BCUT2D eigenvalue weighted by Crippen LogP contribution is 2.18. The summed E-state index contributed by atoms with van der Waals surface area (Å²) >= 11 is 0. The number of hydrogen-bond donors (Lipinski definition) is 1. The van der Waals surface area contributed by atoms with E-state index in [1.54, 1.807) is 24.3 Å². The van der Waals surface area contributed by atoms with E-state index >= 15 is 0 Å². The second-order valence-corrected chi connectivity index (χ2v) is 2.14. The molecule has 0 spiro atoms. The molecular weight excluding hydrogens is 152 g/mol. The number of hydrogen-bond acceptors (Lipinski definition) is 3. The fourth-order valence-electron chi connectivity index (χ4n) is 0.804. The van der Waals surface area contributed by atoms with Gasteiger partial charge in [-0.3, -0.25) is 0 Å². The quantitative estimate of drug-likeness (QED) is 0.692. The first-order valence-electron chi connectivity index (χ1n) is 3.46. The molecular formula is C9H10N2O. The number of nitrogen functional groups attached to an aromatic ring is 1. The summed E-state index contributed by atoms with van der Waals surface area (Å²) in [6.07, 6.45) is 6.72. The van der Waals surface area contributed by atoms with Crippen LogP contribution in [0.25, 0.3) is 12.2 Å². The predicted octanol–water partition coefficient (Wildman–Crippen LogP) is 2.10. The summed E-state index contributed by atoms with van der Waals surface area (Å²) in [5.74, 6) is 0.955. The molecule has 0 aliphatic rings. The highest BCUT2D eigenvalue weighted by molar-refractivity contribution is 5.68. The summed E-state index contributed by atoms with van der Waals surface area (Å²) in [5.41, 5.74) is 6.20. The molecule has 1 aromatic rings. The minimum Gasteiger partial charge on any atom is -0.380 e. The van der Waals surface area contributed by atoms with Gasteiger partial charge in [-0.05, 0) is 6.08 Å². The van der Waals surface area contributed by atoms with E-state index in [0.717, 1.165) is 0 Å². The third-order valence-corrected chi connectivity index (χ3v) is 1.37. The Morgan fingerprint density at radius 1 is 1.42 bits per heavy atom. The molecule has 1 aromatic heterocycles. The highest BCUT2D eigenvalue weighted by atomic mass is 16.5. The fraction of sp³-hybridized carbons (Fsp3) is 0. The zero-order valence-corrected chi connectivity index (χ0v) is 6.66. The lowest BCUT2D eigenvalue weighted by Gasteiger charge is -1.86. The third kappa shape index (κ3) is 1.45. The lowest BCUT2D eigenvalue weighted by Crippen LogP contribution is -1.85. The van der Waals surface area contributed by atoms with Gasteiger partial charge in [-0.2, -0.15) is 0 Å². The lowest BCUT2D eigenvalue weighted by atomic mass is 10.2. The number of allylic oxidation sites excluding steroid dienone is 2. The summed E-state index contributed by atoms with van der Waals surface area (Å²) in [4.78, 5) is 0. The van der Waals surface area contributed by atoms with Crippen LogP contribution in [-0.4, -0.2) is 5.16 Å². The molecule has 0 aliphatic carbocycles. The van der Waals surface area contributed by atoms with Crippen molar-refractivity contribution < 1.29 is 4.52 Å². The summed E-state index contributed by atoms with van der Waals surface area (Å²) in [5, 5.41) is 3.59. The summed E-state index contributed by atoms with van der Waals surface area (Å²) in [6.45, 7) is 7.13. The van der Waals surface area contributed by atoms with Gasteiger partial charge in [-0.15, -0.1) is 0 Å². The maximum atomic E-state index is 5.49. The zero-order valence-electron chi connectivity index (χ0n) is 6.66. The Morgan fingerprint density at radius 3 is 2.75 bits per heavy atom. The normalized spacial score (nSPS) is 10.3. The lowest BCUT2D eigenvalue weighted by molar-refractivity contribution is 0.416. The van der Waals surface area contributed by atoms with Crippen molar-refractivity contribution in [1.29, 1.82) is 0 Å². The number of anilines is 1. The van der Waals surface area contributed by atoms with E-state index in [4.69, 9.17) is 10.3 Å². The van der Waals surface area contributed by atoms with E-state index < -0.39 is 0 Å². The van der Waals surface area contributed by atoms with Crippen LogP contribution in [0.15, 0.2) is 29.8 Å². The Hall–Kier alpha value is -1.77. The van der Waals surface area contributed by atoms with Gasteiger partial charge >= 0.3 is 0 Å². The molecule has 2 N–H and O–H groups in total. The average Bonchev–Trinajstić information content (AvgIpc) is 2.43. The Kier molecular flexibility index (Phi) is 2.48. The van der Waals surface area contributed by atoms with Crippen LogP contribution in [-0.2, 0) is 0 Å². The van der Waals surface area contributed by atoms with Gasteiger partial charge in [0.15, 0.2) is 11.6 Å².